The smallest absolute Gasteiger partial charge is 0.258 e. The topological polar surface area (TPSA) is 73.3 Å². The van der Waals surface area contributed by atoms with Crippen molar-refractivity contribution < 1.29 is 14.3 Å². The molecule has 174 valence electrons. The Bertz CT molecular complexity index is 1530. The molecule has 2 aromatic heterocycles. The average Bonchev–Trinajstić information content (AvgIpc) is 3.36. The van der Waals surface area contributed by atoms with Crippen LogP contribution in [-0.4, -0.2) is 30.1 Å². The van der Waals surface area contributed by atoms with Crippen molar-refractivity contribution in [2.45, 2.75) is 0 Å². The predicted molar refractivity (Wildman–Crippen MR) is 141 cm³/mol. The molecule has 5 aromatic rings. The summed E-state index contributed by atoms with van der Waals surface area (Å²) in [4.78, 5) is 22.7. The van der Waals surface area contributed by atoms with E-state index < -0.39 is 0 Å². The van der Waals surface area contributed by atoms with Crippen molar-refractivity contribution in [3.05, 3.63) is 88.8 Å². The highest BCUT2D eigenvalue weighted by atomic mass is 35.5. The minimum absolute atomic E-state index is 0.262. The maximum Gasteiger partial charge on any atom is 0.258 e. The second kappa shape index (κ2) is 9.74. The summed E-state index contributed by atoms with van der Waals surface area (Å²) in [5, 5.41) is 6.76. The number of para-hydroxylation sites is 1. The van der Waals surface area contributed by atoms with Gasteiger partial charge in [-0.25, -0.2) is 9.97 Å². The van der Waals surface area contributed by atoms with Gasteiger partial charge in [-0.1, -0.05) is 41.9 Å². The van der Waals surface area contributed by atoms with Crippen LogP contribution in [0.4, 0.5) is 5.13 Å². The summed E-state index contributed by atoms with van der Waals surface area (Å²) in [7, 11) is 3.17. The number of carbonyl (C=O) groups is 1. The summed E-state index contributed by atoms with van der Waals surface area (Å²) in [5.41, 5.74) is 4.37. The number of anilines is 1. The number of amides is 1. The minimum atomic E-state index is -0.262. The summed E-state index contributed by atoms with van der Waals surface area (Å²) in [6, 6.07) is 22.3. The quantitative estimate of drug-likeness (QED) is 0.272. The number of pyridine rings is 1. The van der Waals surface area contributed by atoms with Crippen molar-refractivity contribution in [2.24, 2.45) is 0 Å². The van der Waals surface area contributed by atoms with Crippen LogP contribution >= 0.6 is 22.9 Å². The van der Waals surface area contributed by atoms with Crippen molar-refractivity contribution in [3.63, 3.8) is 0 Å². The largest absolute Gasteiger partial charge is 0.493 e. The molecule has 1 amide bonds. The number of nitrogens with zero attached hydrogens (tertiary/aromatic N) is 2. The summed E-state index contributed by atoms with van der Waals surface area (Å²) in [5.74, 6) is 0.945. The molecule has 0 saturated heterocycles. The van der Waals surface area contributed by atoms with Crippen LogP contribution in [0.3, 0.4) is 0 Å². The zero-order chi connectivity index (χ0) is 24.4. The van der Waals surface area contributed by atoms with Crippen molar-refractivity contribution >= 4 is 44.9 Å². The highest BCUT2D eigenvalue weighted by molar-refractivity contribution is 7.14. The molecule has 3 aromatic carbocycles. The molecular weight excluding hydrogens is 482 g/mol. The third-order valence-corrected chi connectivity index (χ3v) is 6.51. The molecule has 0 aliphatic heterocycles. The lowest BCUT2D eigenvalue weighted by Gasteiger charge is -2.12. The van der Waals surface area contributed by atoms with Gasteiger partial charge in [-0.15, -0.1) is 11.3 Å². The van der Waals surface area contributed by atoms with Gasteiger partial charge in [0.25, 0.3) is 5.91 Å². The Kier molecular flexibility index (Phi) is 6.35. The van der Waals surface area contributed by atoms with Crippen molar-refractivity contribution in [3.8, 4) is 34.0 Å². The molecule has 2 heterocycles. The van der Waals surface area contributed by atoms with Crippen LogP contribution in [0, 0.1) is 0 Å². The minimum Gasteiger partial charge on any atom is -0.493 e. The molecular formula is C27H20ClN3O3S. The second-order valence-electron chi connectivity index (χ2n) is 7.64. The SMILES string of the molecule is COc1ccc(-c2cc(C(=O)Nc3nc(-c4ccc(Cl)cc4)cs3)c3ccccc3n2)cc1OC. The van der Waals surface area contributed by atoms with Gasteiger partial charge in [-0.05, 0) is 42.5 Å². The number of methoxy groups -OCH3 is 2. The first kappa shape index (κ1) is 22.8. The van der Waals surface area contributed by atoms with Crippen LogP contribution in [0.5, 0.6) is 11.5 Å². The second-order valence-corrected chi connectivity index (χ2v) is 8.94. The zero-order valence-corrected chi connectivity index (χ0v) is 20.5. The number of rotatable bonds is 6. The summed E-state index contributed by atoms with van der Waals surface area (Å²) in [6.45, 7) is 0. The fraction of sp³-hybridized carbons (Fsp3) is 0.0741. The van der Waals surface area contributed by atoms with E-state index in [1.54, 1.807) is 20.3 Å². The van der Waals surface area contributed by atoms with Gasteiger partial charge in [-0.2, -0.15) is 0 Å². The molecule has 0 aliphatic carbocycles. The van der Waals surface area contributed by atoms with E-state index in [9.17, 15) is 4.79 Å². The lowest BCUT2D eigenvalue weighted by molar-refractivity contribution is 0.102. The monoisotopic (exact) mass is 501 g/mol. The molecule has 8 heteroatoms. The first-order valence-corrected chi connectivity index (χ1v) is 12.0. The number of fused-ring (bicyclic) bond motifs is 1. The van der Waals surface area contributed by atoms with Gasteiger partial charge >= 0.3 is 0 Å². The number of ether oxygens (including phenoxy) is 2. The van der Waals surface area contributed by atoms with E-state index in [0.29, 0.717) is 38.4 Å². The lowest BCUT2D eigenvalue weighted by atomic mass is 10.0. The molecule has 1 N–H and O–H groups in total. The van der Waals surface area contributed by atoms with E-state index in [4.69, 9.17) is 26.1 Å². The Labute approximate surface area is 211 Å². The molecule has 6 nitrogen and oxygen atoms in total. The summed E-state index contributed by atoms with van der Waals surface area (Å²) >= 11 is 7.35. The molecule has 0 bridgehead atoms. The van der Waals surface area contributed by atoms with Gasteiger partial charge in [0.15, 0.2) is 16.6 Å². The Hall–Kier alpha value is -3.94. The van der Waals surface area contributed by atoms with Crippen molar-refractivity contribution in [1.29, 1.82) is 0 Å². The van der Waals surface area contributed by atoms with Gasteiger partial charge in [0.05, 0.1) is 36.7 Å². The molecule has 0 spiro atoms. The maximum atomic E-state index is 13.4. The van der Waals surface area contributed by atoms with Crippen LogP contribution in [0.1, 0.15) is 10.4 Å². The normalized spacial score (nSPS) is 10.8. The lowest BCUT2D eigenvalue weighted by Crippen LogP contribution is -2.13. The van der Waals surface area contributed by atoms with Gasteiger partial charge in [0.2, 0.25) is 0 Å². The fourth-order valence-corrected chi connectivity index (χ4v) is 4.60. The van der Waals surface area contributed by atoms with Crippen LogP contribution in [0.15, 0.2) is 78.2 Å². The Balaban J connectivity index is 1.50. The van der Waals surface area contributed by atoms with Crippen LogP contribution in [0.25, 0.3) is 33.4 Å². The van der Waals surface area contributed by atoms with Crippen LogP contribution in [0.2, 0.25) is 5.02 Å². The first-order valence-electron chi connectivity index (χ1n) is 10.7. The van der Waals surface area contributed by atoms with Crippen molar-refractivity contribution in [2.75, 3.05) is 19.5 Å². The van der Waals surface area contributed by atoms with Gasteiger partial charge in [0, 0.05) is 26.9 Å². The Morgan fingerprint density at radius 3 is 2.37 bits per heavy atom. The highest BCUT2D eigenvalue weighted by Crippen LogP contribution is 2.33. The van der Waals surface area contributed by atoms with Crippen LogP contribution in [-0.2, 0) is 0 Å². The van der Waals surface area contributed by atoms with E-state index >= 15 is 0 Å². The molecule has 0 aliphatic rings. The first-order chi connectivity index (χ1) is 17.1. The summed E-state index contributed by atoms with van der Waals surface area (Å²) in [6.07, 6.45) is 0. The van der Waals surface area contributed by atoms with E-state index in [2.05, 4.69) is 10.3 Å². The zero-order valence-electron chi connectivity index (χ0n) is 18.9. The van der Waals surface area contributed by atoms with Gasteiger partial charge < -0.3 is 9.47 Å². The number of benzene rings is 3. The average molecular weight is 502 g/mol. The predicted octanol–water partition coefficient (Wildman–Crippen LogP) is 6.95. The van der Waals surface area contributed by atoms with Crippen LogP contribution < -0.4 is 14.8 Å². The molecule has 0 radical (unpaired) electrons. The van der Waals surface area contributed by atoms with E-state index in [1.165, 1.54) is 11.3 Å². The molecule has 0 atom stereocenters. The standard InChI is InChI=1S/C27H20ClN3O3S/c1-33-24-12-9-17(13-25(24)34-2)22-14-20(19-5-3-4-6-21(19)29-22)26(32)31-27-30-23(15-35-27)16-7-10-18(28)11-8-16/h3-15H,1-2H3,(H,30,31,32). The Morgan fingerprint density at radius 1 is 0.857 bits per heavy atom. The molecule has 5 rings (SSSR count). The maximum absolute atomic E-state index is 13.4. The number of aromatic nitrogens is 2. The van der Waals surface area contributed by atoms with Crippen molar-refractivity contribution in [1.82, 2.24) is 9.97 Å². The number of hydrogen-bond donors (Lipinski definition) is 1. The van der Waals surface area contributed by atoms with E-state index in [1.807, 2.05) is 72.1 Å². The number of nitrogens with one attached hydrogen (secondary N) is 1. The third-order valence-electron chi connectivity index (χ3n) is 5.50. The number of thiazole rings is 1. The van der Waals surface area contributed by atoms with Gasteiger partial charge in [-0.3, -0.25) is 10.1 Å². The van der Waals surface area contributed by atoms with E-state index in [-0.39, 0.29) is 5.91 Å². The third kappa shape index (κ3) is 4.69. The molecule has 0 fully saturated rings. The van der Waals surface area contributed by atoms with E-state index in [0.717, 1.165) is 22.2 Å². The molecule has 35 heavy (non-hydrogen) atoms. The number of halogens is 1. The Morgan fingerprint density at radius 2 is 1.60 bits per heavy atom. The number of hydrogen-bond acceptors (Lipinski definition) is 6. The molecule has 0 saturated carbocycles. The number of carbonyl (C=O) groups excluding carboxylic acids is 1. The summed E-state index contributed by atoms with van der Waals surface area (Å²) < 4.78 is 10.8. The molecule has 0 unspecified atom stereocenters. The fourth-order valence-electron chi connectivity index (χ4n) is 3.76. The van der Waals surface area contributed by atoms with Gasteiger partial charge in [0.1, 0.15) is 0 Å². The highest BCUT2D eigenvalue weighted by Gasteiger charge is 2.17.